The minimum atomic E-state index is -0.435. The topological polar surface area (TPSA) is 12.0 Å². The lowest BCUT2D eigenvalue weighted by molar-refractivity contribution is 0.257. The Morgan fingerprint density at radius 3 is 2.41 bits per heavy atom. The summed E-state index contributed by atoms with van der Waals surface area (Å²) in [5, 5.41) is 3.20. The van der Waals surface area contributed by atoms with E-state index in [0.29, 0.717) is 5.92 Å². The molecule has 1 unspecified atom stereocenters. The first-order chi connectivity index (χ1) is 8.22. The Morgan fingerprint density at radius 2 is 1.94 bits per heavy atom. The summed E-state index contributed by atoms with van der Waals surface area (Å²) in [6.07, 6.45) is 4.48. The fourth-order valence-electron chi connectivity index (χ4n) is 2.46. The minimum Gasteiger partial charge on any atom is -0.310 e. The fourth-order valence-corrected chi connectivity index (χ4v) is 2.46. The van der Waals surface area contributed by atoms with Gasteiger partial charge in [-0.25, -0.2) is 8.78 Å². The Balaban J connectivity index is 2.18. The molecule has 1 aromatic carbocycles. The molecule has 94 valence electrons. The van der Waals surface area contributed by atoms with Gasteiger partial charge in [-0.1, -0.05) is 32.3 Å². The van der Waals surface area contributed by atoms with Crippen LogP contribution in [0.25, 0.3) is 0 Å². The van der Waals surface area contributed by atoms with Gasteiger partial charge in [-0.15, -0.1) is 0 Å². The van der Waals surface area contributed by atoms with E-state index in [4.69, 9.17) is 0 Å². The molecule has 0 saturated heterocycles. The lowest BCUT2D eigenvalue weighted by atomic mass is 9.79. The lowest BCUT2D eigenvalue weighted by Crippen LogP contribution is -2.27. The van der Waals surface area contributed by atoms with Crippen LogP contribution in [0, 0.1) is 17.6 Å². The first-order valence-electron chi connectivity index (χ1n) is 6.39. The molecule has 2 rings (SSSR count). The molecule has 17 heavy (non-hydrogen) atoms. The molecule has 1 aliphatic rings. The van der Waals surface area contributed by atoms with Crippen molar-refractivity contribution in [2.24, 2.45) is 5.92 Å². The number of hydrogen-bond acceptors (Lipinski definition) is 1. The summed E-state index contributed by atoms with van der Waals surface area (Å²) in [4.78, 5) is 0. The molecule has 0 bridgehead atoms. The average molecular weight is 239 g/mol. The van der Waals surface area contributed by atoms with Crippen molar-refractivity contribution in [3.8, 4) is 0 Å². The molecule has 0 amide bonds. The van der Waals surface area contributed by atoms with E-state index in [0.717, 1.165) is 13.0 Å². The Kier molecular flexibility index (Phi) is 4.11. The zero-order valence-corrected chi connectivity index (χ0v) is 10.2. The van der Waals surface area contributed by atoms with Gasteiger partial charge in [0.25, 0.3) is 0 Å². The van der Waals surface area contributed by atoms with E-state index in [9.17, 15) is 8.78 Å². The van der Waals surface area contributed by atoms with E-state index < -0.39 is 11.6 Å². The summed E-state index contributed by atoms with van der Waals surface area (Å²) in [5.41, 5.74) is 0.209. The molecule has 1 atom stereocenters. The van der Waals surface area contributed by atoms with Gasteiger partial charge in [-0.05, 0) is 31.0 Å². The molecule has 3 heteroatoms. The van der Waals surface area contributed by atoms with Crippen molar-refractivity contribution in [3.05, 3.63) is 35.4 Å². The highest BCUT2D eigenvalue weighted by Gasteiger charge is 2.26. The lowest BCUT2D eigenvalue weighted by Gasteiger charge is -2.30. The third-order valence-electron chi connectivity index (χ3n) is 3.59. The van der Waals surface area contributed by atoms with Crippen molar-refractivity contribution in [1.29, 1.82) is 0 Å². The van der Waals surface area contributed by atoms with Crippen LogP contribution in [0.5, 0.6) is 0 Å². The van der Waals surface area contributed by atoms with Gasteiger partial charge in [-0.3, -0.25) is 0 Å². The Hall–Kier alpha value is -0.960. The standard InChI is InChI=1S/C14H19F2N/c1-2-17-13(9-10-5-3-6-10)14-11(15)7-4-8-12(14)16/h4,7-8,10,13,17H,2-3,5-6,9H2,1H3. The normalized spacial score (nSPS) is 17.8. The summed E-state index contributed by atoms with van der Waals surface area (Å²) in [6, 6.07) is 3.90. The molecule has 1 aromatic rings. The number of nitrogens with one attached hydrogen (secondary N) is 1. The average Bonchev–Trinajstić information content (AvgIpc) is 2.22. The molecule has 1 nitrogen and oxygen atoms in total. The third kappa shape index (κ3) is 2.83. The maximum Gasteiger partial charge on any atom is 0.130 e. The van der Waals surface area contributed by atoms with Crippen LogP contribution in [-0.4, -0.2) is 6.54 Å². The SMILES string of the molecule is CCNC(CC1CCC1)c1c(F)cccc1F. The van der Waals surface area contributed by atoms with E-state index >= 15 is 0 Å². The van der Waals surface area contributed by atoms with Crippen LogP contribution in [-0.2, 0) is 0 Å². The fraction of sp³-hybridized carbons (Fsp3) is 0.571. The van der Waals surface area contributed by atoms with Gasteiger partial charge in [0.2, 0.25) is 0 Å². The number of halogens is 2. The molecule has 0 spiro atoms. The van der Waals surface area contributed by atoms with Crippen molar-refractivity contribution in [1.82, 2.24) is 5.32 Å². The largest absolute Gasteiger partial charge is 0.310 e. The minimum absolute atomic E-state index is 0.188. The van der Waals surface area contributed by atoms with Gasteiger partial charge >= 0.3 is 0 Å². The van der Waals surface area contributed by atoms with Gasteiger partial charge in [0.1, 0.15) is 11.6 Å². The number of rotatable bonds is 5. The van der Waals surface area contributed by atoms with Gasteiger partial charge in [0.05, 0.1) is 0 Å². The molecule has 1 N–H and O–H groups in total. The van der Waals surface area contributed by atoms with Gasteiger partial charge < -0.3 is 5.32 Å². The quantitative estimate of drug-likeness (QED) is 0.824. The first kappa shape index (κ1) is 12.5. The molecule has 0 heterocycles. The van der Waals surface area contributed by atoms with Crippen LogP contribution in [0.3, 0.4) is 0 Å². The second-order valence-corrected chi connectivity index (χ2v) is 4.78. The summed E-state index contributed by atoms with van der Waals surface area (Å²) < 4.78 is 27.4. The van der Waals surface area contributed by atoms with Crippen LogP contribution in [0.2, 0.25) is 0 Å². The Morgan fingerprint density at radius 1 is 1.29 bits per heavy atom. The van der Waals surface area contributed by atoms with Crippen LogP contribution in [0.15, 0.2) is 18.2 Å². The molecule has 1 fully saturated rings. The van der Waals surface area contributed by atoms with Gasteiger partial charge in [-0.2, -0.15) is 0 Å². The van der Waals surface area contributed by atoms with Gasteiger partial charge in [0, 0.05) is 11.6 Å². The molecule has 1 saturated carbocycles. The maximum absolute atomic E-state index is 13.7. The summed E-state index contributed by atoms with van der Waals surface area (Å²) in [7, 11) is 0. The van der Waals surface area contributed by atoms with Crippen molar-refractivity contribution in [3.63, 3.8) is 0 Å². The molecular formula is C14H19F2N. The Labute approximate surface area is 101 Å². The van der Waals surface area contributed by atoms with E-state index in [-0.39, 0.29) is 11.6 Å². The first-order valence-corrected chi connectivity index (χ1v) is 6.39. The highest BCUT2D eigenvalue weighted by molar-refractivity contribution is 5.23. The third-order valence-corrected chi connectivity index (χ3v) is 3.59. The number of benzene rings is 1. The smallest absolute Gasteiger partial charge is 0.130 e. The number of hydrogen-bond donors (Lipinski definition) is 1. The van der Waals surface area contributed by atoms with Crippen LogP contribution < -0.4 is 5.32 Å². The van der Waals surface area contributed by atoms with E-state index in [2.05, 4.69) is 5.32 Å². The molecule has 0 radical (unpaired) electrons. The predicted molar refractivity (Wildman–Crippen MR) is 64.7 cm³/mol. The molecular weight excluding hydrogens is 220 g/mol. The summed E-state index contributed by atoms with van der Waals surface area (Å²) >= 11 is 0. The van der Waals surface area contributed by atoms with Gasteiger partial charge in [0.15, 0.2) is 0 Å². The predicted octanol–water partition coefficient (Wildman–Crippen LogP) is 3.81. The van der Waals surface area contributed by atoms with Crippen LogP contribution in [0.4, 0.5) is 8.78 Å². The van der Waals surface area contributed by atoms with E-state index in [1.807, 2.05) is 6.92 Å². The summed E-state index contributed by atoms with van der Waals surface area (Å²) in [6.45, 7) is 2.69. The second kappa shape index (κ2) is 5.58. The molecule has 0 aliphatic heterocycles. The molecule has 0 aromatic heterocycles. The summed E-state index contributed by atoms with van der Waals surface area (Å²) in [5.74, 6) is -0.247. The highest BCUT2D eigenvalue weighted by atomic mass is 19.1. The monoisotopic (exact) mass is 239 g/mol. The van der Waals surface area contributed by atoms with E-state index in [1.165, 1.54) is 37.5 Å². The Bertz CT molecular complexity index is 354. The van der Waals surface area contributed by atoms with E-state index in [1.54, 1.807) is 0 Å². The van der Waals surface area contributed by atoms with Crippen LogP contribution in [0.1, 0.15) is 44.2 Å². The van der Waals surface area contributed by atoms with Crippen molar-refractivity contribution in [2.45, 2.75) is 38.6 Å². The second-order valence-electron chi connectivity index (χ2n) is 4.78. The van der Waals surface area contributed by atoms with Crippen molar-refractivity contribution in [2.75, 3.05) is 6.54 Å². The molecule has 1 aliphatic carbocycles. The highest BCUT2D eigenvalue weighted by Crippen LogP contribution is 2.36. The van der Waals surface area contributed by atoms with Crippen molar-refractivity contribution < 1.29 is 8.78 Å². The van der Waals surface area contributed by atoms with Crippen LogP contribution >= 0.6 is 0 Å². The zero-order valence-electron chi connectivity index (χ0n) is 10.2. The van der Waals surface area contributed by atoms with Crippen molar-refractivity contribution >= 4 is 0 Å². The zero-order chi connectivity index (χ0) is 12.3. The maximum atomic E-state index is 13.7.